The van der Waals surface area contributed by atoms with Gasteiger partial charge in [-0.2, -0.15) is 0 Å². The quantitative estimate of drug-likeness (QED) is 0.807. The SMILES string of the molecule is CNC(=O)c1ccc(S(=O)(=O)NCc2nncn2C(C)C)cc1. The van der Waals surface area contributed by atoms with Gasteiger partial charge in [0.25, 0.3) is 5.91 Å². The molecule has 2 rings (SSSR count). The molecule has 0 aliphatic heterocycles. The molecule has 0 radical (unpaired) electrons. The van der Waals surface area contributed by atoms with Crippen LogP contribution in [0.15, 0.2) is 35.5 Å². The van der Waals surface area contributed by atoms with E-state index in [1.165, 1.54) is 31.3 Å². The van der Waals surface area contributed by atoms with Gasteiger partial charge in [-0.3, -0.25) is 4.79 Å². The van der Waals surface area contributed by atoms with Gasteiger partial charge in [0, 0.05) is 18.7 Å². The van der Waals surface area contributed by atoms with Gasteiger partial charge in [0.15, 0.2) is 0 Å². The molecular formula is C14H19N5O3S. The zero-order valence-electron chi connectivity index (χ0n) is 13.1. The molecule has 0 spiro atoms. The minimum atomic E-state index is -3.69. The highest BCUT2D eigenvalue weighted by Crippen LogP contribution is 2.12. The van der Waals surface area contributed by atoms with Crippen LogP contribution in [0.2, 0.25) is 0 Å². The maximum absolute atomic E-state index is 12.3. The Kier molecular flexibility index (Phi) is 5.12. The molecule has 1 aromatic heterocycles. The van der Waals surface area contributed by atoms with Crippen LogP contribution in [0.4, 0.5) is 0 Å². The summed E-state index contributed by atoms with van der Waals surface area (Å²) in [5.41, 5.74) is 0.394. The van der Waals surface area contributed by atoms with Gasteiger partial charge in [0.05, 0.1) is 11.4 Å². The number of hydrogen-bond donors (Lipinski definition) is 2. The van der Waals surface area contributed by atoms with E-state index in [4.69, 9.17) is 0 Å². The fourth-order valence-corrected chi connectivity index (χ4v) is 2.98. The number of rotatable bonds is 6. The van der Waals surface area contributed by atoms with E-state index in [-0.39, 0.29) is 23.4 Å². The average molecular weight is 337 g/mol. The standard InChI is InChI=1S/C14H19N5O3S/c1-10(2)19-9-16-18-13(19)8-17-23(21,22)12-6-4-11(5-7-12)14(20)15-3/h4-7,9-10,17H,8H2,1-3H3,(H,15,20). The second kappa shape index (κ2) is 6.88. The second-order valence-corrected chi connectivity index (χ2v) is 6.94. The maximum atomic E-state index is 12.3. The summed E-state index contributed by atoms with van der Waals surface area (Å²) in [6.07, 6.45) is 1.56. The summed E-state index contributed by atoms with van der Waals surface area (Å²) in [6.45, 7) is 3.95. The van der Waals surface area contributed by atoms with E-state index in [0.717, 1.165) is 0 Å². The van der Waals surface area contributed by atoms with E-state index in [9.17, 15) is 13.2 Å². The topological polar surface area (TPSA) is 106 Å². The molecule has 0 aliphatic rings. The van der Waals surface area contributed by atoms with Crippen molar-refractivity contribution in [3.8, 4) is 0 Å². The van der Waals surface area contributed by atoms with Gasteiger partial charge in [-0.25, -0.2) is 13.1 Å². The monoisotopic (exact) mass is 337 g/mol. The first-order valence-corrected chi connectivity index (χ1v) is 8.53. The number of hydrogen-bond acceptors (Lipinski definition) is 5. The maximum Gasteiger partial charge on any atom is 0.251 e. The number of amides is 1. The Balaban J connectivity index is 2.12. The van der Waals surface area contributed by atoms with Crippen molar-refractivity contribution in [2.45, 2.75) is 31.3 Å². The Bertz CT molecular complexity index is 781. The van der Waals surface area contributed by atoms with Gasteiger partial charge in [0.1, 0.15) is 12.2 Å². The number of benzene rings is 1. The first-order chi connectivity index (χ1) is 10.8. The molecule has 0 saturated heterocycles. The van der Waals surface area contributed by atoms with Gasteiger partial charge < -0.3 is 9.88 Å². The molecule has 1 amide bonds. The highest BCUT2D eigenvalue weighted by atomic mass is 32.2. The molecule has 9 heteroatoms. The number of nitrogens with zero attached hydrogens (tertiary/aromatic N) is 3. The first-order valence-electron chi connectivity index (χ1n) is 7.05. The van der Waals surface area contributed by atoms with E-state index in [1.54, 1.807) is 10.9 Å². The van der Waals surface area contributed by atoms with Crippen LogP contribution in [0.25, 0.3) is 0 Å². The average Bonchev–Trinajstić information content (AvgIpc) is 3.01. The summed E-state index contributed by atoms with van der Waals surface area (Å²) in [6, 6.07) is 5.84. The third kappa shape index (κ3) is 3.93. The molecule has 0 fully saturated rings. The molecule has 2 N–H and O–H groups in total. The van der Waals surface area contributed by atoms with E-state index >= 15 is 0 Å². The number of nitrogens with one attached hydrogen (secondary N) is 2. The summed E-state index contributed by atoms with van der Waals surface area (Å²) >= 11 is 0. The molecule has 0 unspecified atom stereocenters. The van der Waals surface area contributed by atoms with E-state index in [0.29, 0.717) is 11.4 Å². The van der Waals surface area contributed by atoms with Crippen LogP contribution in [0.1, 0.15) is 36.1 Å². The van der Waals surface area contributed by atoms with Crippen molar-refractivity contribution in [2.75, 3.05) is 7.05 Å². The van der Waals surface area contributed by atoms with Crippen LogP contribution < -0.4 is 10.0 Å². The van der Waals surface area contributed by atoms with E-state index in [1.807, 2.05) is 13.8 Å². The highest BCUT2D eigenvalue weighted by molar-refractivity contribution is 7.89. The predicted molar refractivity (Wildman–Crippen MR) is 84.3 cm³/mol. The first kappa shape index (κ1) is 17.1. The molecule has 8 nitrogen and oxygen atoms in total. The van der Waals surface area contributed by atoms with Gasteiger partial charge >= 0.3 is 0 Å². The lowest BCUT2D eigenvalue weighted by Crippen LogP contribution is -2.25. The summed E-state index contributed by atoms with van der Waals surface area (Å²) in [7, 11) is -2.18. The van der Waals surface area contributed by atoms with Crippen LogP contribution in [-0.2, 0) is 16.6 Å². The lowest BCUT2D eigenvalue weighted by molar-refractivity contribution is 0.0963. The van der Waals surface area contributed by atoms with Crippen LogP contribution in [-0.4, -0.2) is 36.1 Å². The van der Waals surface area contributed by atoms with Crippen molar-refractivity contribution < 1.29 is 13.2 Å². The summed E-state index contributed by atoms with van der Waals surface area (Å²) in [5.74, 6) is 0.262. The molecule has 2 aromatic rings. The van der Waals surface area contributed by atoms with E-state index < -0.39 is 10.0 Å². The molecule has 0 aliphatic carbocycles. The van der Waals surface area contributed by atoms with Crippen molar-refractivity contribution in [3.05, 3.63) is 42.0 Å². The van der Waals surface area contributed by atoms with Crippen molar-refractivity contribution in [1.82, 2.24) is 24.8 Å². The minimum absolute atomic E-state index is 0.0394. The smallest absolute Gasteiger partial charge is 0.251 e. The van der Waals surface area contributed by atoms with Crippen molar-refractivity contribution >= 4 is 15.9 Å². The zero-order chi connectivity index (χ0) is 17.0. The van der Waals surface area contributed by atoms with Crippen LogP contribution in [0, 0.1) is 0 Å². The van der Waals surface area contributed by atoms with Gasteiger partial charge in [0.2, 0.25) is 10.0 Å². The molecule has 1 aromatic carbocycles. The fourth-order valence-electron chi connectivity index (χ4n) is 2.00. The molecule has 1 heterocycles. The van der Waals surface area contributed by atoms with E-state index in [2.05, 4.69) is 20.2 Å². The van der Waals surface area contributed by atoms with Crippen molar-refractivity contribution in [3.63, 3.8) is 0 Å². The molecule has 23 heavy (non-hydrogen) atoms. The lowest BCUT2D eigenvalue weighted by Gasteiger charge is -2.11. The Labute approximate surface area is 135 Å². The number of carbonyl (C=O) groups excluding carboxylic acids is 1. The molecule has 0 saturated carbocycles. The second-order valence-electron chi connectivity index (χ2n) is 5.18. The Morgan fingerprint density at radius 2 is 1.91 bits per heavy atom. The largest absolute Gasteiger partial charge is 0.355 e. The molecule has 0 bridgehead atoms. The summed E-state index contributed by atoms with van der Waals surface area (Å²) < 4.78 is 28.9. The minimum Gasteiger partial charge on any atom is -0.355 e. The molecule has 0 atom stereocenters. The third-order valence-electron chi connectivity index (χ3n) is 3.28. The van der Waals surface area contributed by atoms with Gasteiger partial charge in [-0.1, -0.05) is 0 Å². The number of aromatic nitrogens is 3. The van der Waals surface area contributed by atoms with Crippen LogP contribution in [0.5, 0.6) is 0 Å². The Hall–Kier alpha value is -2.26. The molecule has 124 valence electrons. The van der Waals surface area contributed by atoms with Gasteiger partial charge in [-0.15, -0.1) is 10.2 Å². The van der Waals surface area contributed by atoms with Gasteiger partial charge in [-0.05, 0) is 38.1 Å². The van der Waals surface area contributed by atoms with Crippen molar-refractivity contribution in [1.29, 1.82) is 0 Å². The predicted octanol–water partition coefficient (Wildman–Crippen LogP) is 0.697. The zero-order valence-corrected chi connectivity index (χ0v) is 14.0. The summed E-state index contributed by atoms with van der Waals surface area (Å²) in [4.78, 5) is 11.5. The Morgan fingerprint density at radius 1 is 1.26 bits per heavy atom. The highest BCUT2D eigenvalue weighted by Gasteiger charge is 2.16. The lowest BCUT2D eigenvalue weighted by atomic mass is 10.2. The fraction of sp³-hybridized carbons (Fsp3) is 0.357. The van der Waals surface area contributed by atoms with Crippen LogP contribution in [0.3, 0.4) is 0 Å². The van der Waals surface area contributed by atoms with Crippen LogP contribution >= 0.6 is 0 Å². The Morgan fingerprint density at radius 3 is 2.48 bits per heavy atom. The normalized spacial score (nSPS) is 11.7. The summed E-state index contributed by atoms with van der Waals surface area (Å²) in [5, 5.41) is 10.2. The number of carbonyl (C=O) groups is 1. The number of sulfonamides is 1. The molecular weight excluding hydrogens is 318 g/mol. The van der Waals surface area contributed by atoms with Crippen molar-refractivity contribution in [2.24, 2.45) is 0 Å². The third-order valence-corrected chi connectivity index (χ3v) is 4.69.